The van der Waals surface area contributed by atoms with Crippen LogP contribution in [-0.4, -0.2) is 28.9 Å². The van der Waals surface area contributed by atoms with Gasteiger partial charge in [0.2, 0.25) is 5.91 Å². The molecule has 0 bridgehead atoms. The summed E-state index contributed by atoms with van der Waals surface area (Å²) >= 11 is 1.62. The van der Waals surface area contributed by atoms with Gasteiger partial charge < -0.3 is 4.90 Å². The highest BCUT2D eigenvalue weighted by Crippen LogP contribution is 2.25. The topological polar surface area (TPSA) is 33.2 Å². The number of thiazole rings is 1. The third kappa shape index (κ3) is 4.23. The lowest BCUT2D eigenvalue weighted by Crippen LogP contribution is -2.37. The Balaban J connectivity index is 1.63. The Bertz CT molecular complexity index is 669. The number of amides is 1. The maximum absolute atomic E-state index is 12.6. The minimum absolute atomic E-state index is 0.197. The molecule has 1 aromatic carbocycles. The zero-order valence-electron chi connectivity index (χ0n) is 14.6. The van der Waals surface area contributed by atoms with Crippen LogP contribution < -0.4 is 0 Å². The summed E-state index contributed by atoms with van der Waals surface area (Å²) in [5, 5.41) is 3.02. The molecular weight excluding hydrogens is 316 g/mol. The molecule has 3 nitrogen and oxygen atoms in total. The van der Waals surface area contributed by atoms with Gasteiger partial charge in [0.25, 0.3) is 0 Å². The molecule has 0 atom stereocenters. The first-order chi connectivity index (χ1) is 11.6. The fourth-order valence-corrected chi connectivity index (χ4v) is 4.17. The minimum Gasteiger partial charge on any atom is -0.342 e. The van der Waals surface area contributed by atoms with E-state index in [9.17, 15) is 4.79 Å². The van der Waals surface area contributed by atoms with Crippen LogP contribution in [0, 0.1) is 6.92 Å². The van der Waals surface area contributed by atoms with E-state index in [1.54, 1.807) is 11.3 Å². The number of nitrogens with zero attached hydrogens (tertiary/aromatic N) is 2. The van der Waals surface area contributed by atoms with Gasteiger partial charge in [-0.2, -0.15) is 0 Å². The van der Waals surface area contributed by atoms with E-state index in [1.165, 1.54) is 31.2 Å². The first-order valence-corrected chi connectivity index (χ1v) is 9.78. The largest absolute Gasteiger partial charge is 0.342 e. The van der Waals surface area contributed by atoms with E-state index in [4.69, 9.17) is 0 Å². The molecule has 1 aromatic heterocycles. The van der Waals surface area contributed by atoms with Crippen molar-refractivity contribution >= 4 is 17.2 Å². The Labute approximate surface area is 148 Å². The van der Waals surface area contributed by atoms with Gasteiger partial charge >= 0.3 is 0 Å². The predicted molar refractivity (Wildman–Crippen MR) is 100 cm³/mol. The van der Waals surface area contributed by atoms with Crippen molar-refractivity contribution in [3.8, 4) is 10.6 Å². The molecule has 1 amide bonds. The quantitative estimate of drug-likeness (QED) is 0.745. The van der Waals surface area contributed by atoms with E-state index in [0.29, 0.717) is 12.5 Å². The lowest BCUT2D eigenvalue weighted by Gasteiger charge is -2.27. The zero-order valence-corrected chi connectivity index (χ0v) is 15.4. The summed E-state index contributed by atoms with van der Waals surface area (Å²) in [6.45, 7) is 2.08. The fourth-order valence-electron chi connectivity index (χ4n) is 3.35. The summed E-state index contributed by atoms with van der Waals surface area (Å²) in [6, 6.07) is 8.80. The second kappa shape index (κ2) is 7.93. The molecule has 0 radical (unpaired) electrons. The molecule has 3 rings (SSSR count). The van der Waals surface area contributed by atoms with Crippen LogP contribution in [0.5, 0.6) is 0 Å². The van der Waals surface area contributed by atoms with Crippen molar-refractivity contribution in [2.75, 3.05) is 7.05 Å². The third-order valence-electron chi connectivity index (χ3n) is 4.95. The molecule has 0 unspecified atom stereocenters. The summed E-state index contributed by atoms with van der Waals surface area (Å²) in [6.07, 6.45) is 7.82. The van der Waals surface area contributed by atoms with E-state index >= 15 is 0 Å². The van der Waals surface area contributed by atoms with Crippen LogP contribution in [0.1, 0.15) is 49.8 Å². The van der Waals surface area contributed by atoms with Gasteiger partial charge in [0.1, 0.15) is 5.01 Å². The normalized spacial score (nSPS) is 15.9. The number of carbonyl (C=O) groups excluding carboxylic acids is 1. The van der Waals surface area contributed by atoms with E-state index < -0.39 is 0 Å². The monoisotopic (exact) mass is 342 g/mol. The maximum Gasteiger partial charge on any atom is 0.228 e. The van der Waals surface area contributed by atoms with E-state index in [0.717, 1.165) is 29.1 Å². The Morgan fingerprint density at radius 3 is 2.50 bits per heavy atom. The second-order valence-corrected chi connectivity index (χ2v) is 7.69. The van der Waals surface area contributed by atoms with Gasteiger partial charge in [-0.3, -0.25) is 4.79 Å². The van der Waals surface area contributed by atoms with Crippen LogP contribution in [0.4, 0.5) is 0 Å². The Kier molecular flexibility index (Phi) is 5.67. The van der Waals surface area contributed by atoms with Gasteiger partial charge in [0.05, 0.1) is 12.1 Å². The van der Waals surface area contributed by atoms with Gasteiger partial charge in [-0.25, -0.2) is 4.98 Å². The summed E-state index contributed by atoms with van der Waals surface area (Å²) in [7, 11) is 1.96. The molecule has 1 saturated carbocycles. The van der Waals surface area contributed by atoms with Crippen molar-refractivity contribution in [2.45, 2.75) is 57.9 Å². The highest BCUT2D eigenvalue weighted by molar-refractivity contribution is 7.13. The Morgan fingerprint density at radius 2 is 1.83 bits per heavy atom. The maximum atomic E-state index is 12.6. The van der Waals surface area contributed by atoms with Gasteiger partial charge in [-0.15, -0.1) is 11.3 Å². The molecular formula is C20H26N2OS. The highest BCUT2D eigenvalue weighted by atomic mass is 32.1. The number of aryl methyl sites for hydroxylation is 1. The molecule has 0 N–H and O–H groups in total. The second-order valence-electron chi connectivity index (χ2n) is 6.84. The lowest BCUT2D eigenvalue weighted by molar-refractivity contribution is -0.131. The molecule has 128 valence electrons. The smallest absolute Gasteiger partial charge is 0.228 e. The number of aromatic nitrogens is 1. The molecule has 1 aliphatic rings. The standard InChI is InChI=1S/C20H26N2OS/c1-15-9-11-16(12-10-15)20-21-17(14-24-20)13-19(23)22(2)18-7-5-3-4-6-8-18/h9-12,14,18H,3-8,13H2,1-2H3. The van der Waals surface area contributed by atoms with Crippen LogP contribution >= 0.6 is 11.3 Å². The molecule has 0 saturated heterocycles. The van der Waals surface area contributed by atoms with Gasteiger partial charge in [0.15, 0.2) is 0 Å². The van der Waals surface area contributed by atoms with Crippen molar-refractivity contribution in [1.29, 1.82) is 0 Å². The number of hydrogen-bond donors (Lipinski definition) is 0. The van der Waals surface area contributed by atoms with Crippen molar-refractivity contribution in [3.05, 3.63) is 40.9 Å². The van der Waals surface area contributed by atoms with Crippen LogP contribution in [-0.2, 0) is 11.2 Å². The minimum atomic E-state index is 0.197. The average molecular weight is 343 g/mol. The Morgan fingerprint density at radius 1 is 1.17 bits per heavy atom. The van der Waals surface area contributed by atoms with E-state index in [1.807, 2.05) is 17.3 Å². The fraction of sp³-hybridized carbons (Fsp3) is 0.500. The molecule has 1 fully saturated rings. The predicted octanol–water partition coefficient (Wildman–Crippen LogP) is 4.84. The van der Waals surface area contributed by atoms with Crippen molar-refractivity contribution in [2.24, 2.45) is 0 Å². The number of carbonyl (C=O) groups is 1. The van der Waals surface area contributed by atoms with Crippen molar-refractivity contribution in [1.82, 2.24) is 9.88 Å². The first-order valence-electron chi connectivity index (χ1n) is 8.90. The number of benzene rings is 1. The van der Waals surface area contributed by atoms with E-state index in [-0.39, 0.29) is 5.91 Å². The molecule has 4 heteroatoms. The number of hydrogen-bond acceptors (Lipinski definition) is 3. The van der Waals surface area contributed by atoms with Crippen LogP contribution in [0.25, 0.3) is 10.6 Å². The molecule has 0 aliphatic heterocycles. The van der Waals surface area contributed by atoms with Gasteiger partial charge in [-0.1, -0.05) is 55.5 Å². The van der Waals surface area contributed by atoms with Crippen LogP contribution in [0.2, 0.25) is 0 Å². The number of likely N-dealkylation sites (N-methyl/N-ethyl adjacent to an activating group) is 1. The molecule has 0 spiro atoms. The van der Waals surface area contributed by atoms with Gasteiger partial charge in [0, 0.05) is 24.0 Å². The average Bonchev–Trinajstić information content (AvgIpc) is 2.88. The SMILES string of the molecule is Cc1ccc(-c2nc(CC(=O)N(C)C3CCCCCC3)cs2)cc1. The van der Waals surface area contributed by atoms with E-state index in [2.05, 4.69) is 36.2 Å². The third-order valence-corrected chi connectivity index (χ3v) is 5.89. The van der Waals surface area contributed by atoms with Crippen LogP contribution in [0.3, 0.4) is 0 Å². The summed E-state index contributed by atoms with van der Waals surface area (Å²) < 4.78 is 0. The Hall–Kier alpha value is -1.68. The lowest BCUT2D eigenvalue weighted by atomic mass is 10.1. The molecule has 24 heavy (non-hydrogen) atoms. The highest BCUT2D eigenvalue weighted by Gasteiger charge is 2.22. The summed E-state index contributed by atoms with van der Waals surface area (Å²) in [5.41, 5.74) is 3.26. The summed E-state index contributed by atoms with van der Waals surface area (Å²) in [4.78, 5) is 19.2. The van der Waals surface area contributed by atoms with Crippen molar-refractivity contribution < 1.29 is 4.79 Å². The summed E-state index contributed by atoms with van der Waals surface area (Å²) in [5.74, 6) is 0.197. The van der Waals surface area contributed by atoms with Crippen molar-refractivity contribution in [3.63, 3.8) is 0 Å². The zero-order chi connectivity index (χ0) is 16.9. The van der Waals surface area contributed by atoms with Crippen LogP contribution in [0.15, 0.2) is 29.6 Å². The number of rotatable bonds is 4. The molecule has 1 aliphatic carbocycles. The first kappa shape index (κ1) is 17.2. The molecule has 1 heterocycles. The molecule has 2 aromatic rings. The van der Waals surface area contributed by atoms with Gasteiger partial charge in [-0.05, 0) is 19.8 Å².